The Labute approximate surface area is 179 Å². The number of thioether (sulfide) groups is 1. The Bertz CT molecular complexity index is 1100. The predicted molar refractivity (Wildman–Crippen MR) is 114 cm³/mol. The van der Waals surface area contributed by atoms with E-state index in [0.29, 0.717) is 14.8 Å². The number of carbonyl (C=O) groups excluding carboxylic acids is 1. The number of carbonyl (C=O) groups is 1. The summed E-state index contributed by atoms with van der Waals surface area (Å²) in [6.07, 6.45) is 1.62. The van der Waals surface area contributed by atoms with Crippen molar-refractivity contribution in [2.45, 2.75) is 6.92 Å². The fraction of sp³-hybridized carbons (Fsp3) is 0.111. The fourth-order valence-corrected chi connectivity index (χ4v) is 3.55. The van der Waals surface area contributed by atoms with Gasteiger partial charge in [0.2, 0.25) is 5.75 Å². The van der Waals surface area contributed by atoms with Gasteiger partial charge in [-0.3, -0.25) is 25.0 Å². The zero-order chi connectivity index (χ0) is 21.8. The minimum absolute atomic E-state index is 0.172. The smallest absolute Gasteiger partial charge is 0.318 e. The molecule has 1 aliphatic rings. The van der Waals surface area contributed by atoms with Gasteiger partial charge >= 0.3 is 5.69 Å². The van der Waals surface area contributed by atoms with Crippen molar-refractivity contribution in [1.29, 1.82) is 0 Å². The van der Waals surface area contributed by atoms with E-state index in [4.69, 9.17) is 21.7 Å². The maximum Gasteiger partial charge on any atom is 0.318 e. The molecule has 1 amide bonds. The van der Waals surface area contributed by atoms with Crippen molar-refractivity contribution in [3.8, 4) is 17.2 Å². The molecule has 1 aliphatic heterocycles. The molecule has 0 radical (unpaired) electrons. The van der Waals surface area contributed by atoms with E-state index in [1.165, 1.54) is 6.07 Å². The van der Waals surface area contributed by atoms with E-state index in [9.17, 15) is 25.0 Å². The van der Waals surface area contributed by atoms with Gasteiger partial charge in [0.25, 0.3) is 11.6 Å². The Hall–Kier alpha value is -3.51. The first-order valence-electron chi connectivity index (χ1n) is 8.41. The molecule has 0 unspecified atom stereocenters. The molecular formula is C18H13N3O7S2. The molecule has 12 heteroatoms. The number of nitro benzene ring substituents is 2. The molecule has 0 spiro atoms. The van der Waals surface area contributed by atoms with Crippen LogP contribution in [0.5, 0.6) is 17.2 Å². The lowest BCUT2D eigenvalue weighted by atomic mass is 10.2. The molecular weight excluding hydrogens is 434 g/mol. The van der Waals surface area contributed by atoms with Crippen molar-refractivity contribution in [3.05, 3.63) is 67.1 Å². The second kappa shape index (κ2) is 8.88. The van der Waals surface area contributed by atoms with E-state index in [0.717, 1.165) is 30.0 Å². The molecule has 1 N–H and O–H groups in total. The van der Waals surface area contributed by atoms with Gasteiger partial charge in [0.15, 0.2) is 11.5 Å². The van der Waals surface area contributed by atoms with Gasteiger partial charge in [-0.2, -0.15) is 0 Å². The first-order valence-corrected chi connectivity index (χ1v) is 9.63. The number of nitrogens with one attached hydrogen (secondary N) is 1. The Morgan fingerprint density at radius 2 is 1.83 bits per heavy atom. The van der Waals surface area contributed by atoms with Gasteiger partial charge in [0, 0.05) is 6.07 Å². The maximum absolute atomic E-state index is 11.8. The molecule has 0 atom stereocenters. The molecule has 1 heterocycles. The zero-order valence-electron chi connectivity index (χ0n) is 15.3. The van der Waals surface area contributed by atoms with Crippen LogP contribution in [0.25, 0.3) is 6.08 Å². The summed E-state index contributed by atoms with van der Waals surface area (Å²) in [7, 11) is 0. The van der Waals surface area contributed by atoms with Crippen molar-refractivity contribution in [1.82, 2.24) is 5.32 Å². The van der Waals surface area contributed by atoms with Crippen molar-refractivity contribution >= 4 is 51.7 Å². The maximum atomic E-state index is 11.8. The van der Waals surface area contributed by atoms with Crippen molar-refractivity contribution in [2.24, 2.45) is 0 Å². The predicted octanol–water partition coefficient (Wildman–Crippen LogP) is 4.18. The second-order valence-electron chi connectivity index (χ2n) is 5.76. The van der Waals surface area contributed by atoms with Gasteiger partial charge in [0.05, 0.1) is 27.4 Å². The quantitative estimate of drug-likeness (QED) is 0.287. The molecule has 0 saturated carbocycles. The van der Waals surface area contributed by atoms with Crippen LogP contribution in [-0.2, 0) is 4.79 Å². The van der Waals surface area contributed by atoms with Crippen LogP contribution in [0.1, 0.15) is 12.5 Å². The van der Waals surface area contributed by atoms with Crippen LogP contribution in [0.2, 0.25) is 0 Å². The average molecular weight is 447 g/mol. The average Bonchev–Trinajstić information content (AvgIpc) is 3.00. The van der Waals surface area contributed by atoms with E-state index >= 15 is 0 Å². The summed E-state index contributed by atoms with van der Waals surface area (Å²) in [4.78, 5) is 33.0. The van der Waals surface area contributed by atoms with Gasteiger partial charge in [-0.25, -0.2) is 0 Å². The second-order valence-corrected chi connectivity index (χ2v) is 7.48. The number of hydrogen-bond donors (Lipinski definition) is 1. The lowest BCUT2D eigenvalue weighted by molar-refractivity contribution is -0.394. The Morgan fingerprint density at radius 1 is 1.10 bits per heavy atom. The van der Waals surface area contributed by atoms with E-state index in [1.807, 2.05) is 0 Å². The van der Waals surface area contributed by atoms with Crippen molar-refractivity contribution in [3.63, 3.8) is 0 Å². The van der Waals surface area contributed by atoms with Gasteiger partial charge in [0.1, 0.15) is 4.32 Å². The van der Waals surface area contributed by atoms with Crippen LogP contribution >= 0.6 is 24.0 Å². The molecule has 1 fully saturated rings. The highest BCUT2D eigenvalue weighted by atomic mass is 32.2. The lowest BCUT2D eigenvalue weighted by Gasteiger charge is -2.12. The number of non-ortho nitro benzene ring substituents is 1. The molecule has 1 saturated heterocycles. The van der Waals surface area contributed by atoms with Crippen LogP contribution in [0, 0.1) is 20.2 Å². The standard InChI is InChI=1S/C18H13N3O7S2/c1-2-27-15-7-10(8-16-17(22)19-18(29)30-16)3-5-14(15)28-13-6-4-11(20(23)24)9-12(13)21(25)26/h3-9H,2H2,1H3,(H,19,22,29). The molecule has 2 aromatic rings. The number of benzene rings is 2. The highest BCUT2D eigenvalue weighted by Crippen LogP contribution is 2.39. The van der Waals surface area contributed by atoms with Gasteiger partial charge in [-0.15, -0.1) is 0 Å². The molecule has 0 aliphatic carbocycles. The Kier molecular flexibility index (Phi) is 6.28. The Balaban J connectivity index is 1.96. The number of nitro groups is 2. The monoisotopic (exact) mass is 447 g/mol. The molecule has 154 valence electrons. The van der Waals surface area contributed by atoms with Crippen LogP contribution in [0.4, 0.5) is 11.4 Å². The zero-order valence-corrected chi connectivity index (χ0v) is 17.0. The topological polar surface area (TPSA) is 134 Å². The summed E-state index contributed by atoms with van der Waals surface area (Å²) >= 11 is 6.09. The van der Waals surface area contributed by atoms with Crippen molar-refractivity contribution < 1.29 is 24.1 Å². The lowest BCUT2D eigenvalue weighted by Crippen LogP contribution is -2.17. The van der Waals surface area contributed by atoms with E-state index in [-0.39, 0.29) is 29.8 Å². The largest absolute Gasteiger partial charge is 0.490 e. The van der Waals surface area contributed by atoms with Gasteiger partial charge in [-0.05, 0) is 36.8 Å². The van der Waals surface area contributed by atoms with Crippen LogP contribution in [0.3, 0.4) is 0 Å². The minimum atomic E-state index is -0.764. The highest BCUT2D eigenvalue weighted by Gasteiger charge is 2.24. The fourth-order valence-electron chi connectivity index (χ4n) is 2.51. The third kappa shape index (κ3) is 4.72. The number of hydrogen-bond acceptors (Lipinski definition) is 9. The summed E-state index contributed by atoms with van der Waals surface area (Å²) in [5.41, 5.74) is -0.344. The third-order valence-corrected chi connectivity index (χ3v) is 4.94. The summed E-state index contributed by atoms with van der Waals surface area (Å²) < 4.78 is 11.6. The molecule has 10 nitrogen and oxygen atoms in total. The molecule has 3 rings (SSSR count). The van der Waals surface area contributed by atoms with Crippen molar-refractivity contribution in [2.75, 3.05) is 6.61 Å². The number of amides is 1. The Morgan fingerprint density at radius 3 is 2.43 bits per heavy atom. The van der Waals surface area contributed by atoms with Crippen LogP contribution < -0.4 is 14.8 Å². The number of rotatable bonds is 7. The van der Waals surface area contributed by atoms with Crippen LogP contribution in [-0.4, -0.2) is 26.7 Å². The number of nitrogens with zero attached hydrogens (tertiary/aromatic N) is 2. The molecule has 0 bridgehead atoms. The summed E-state index contributed by atoms with van der Waals surface area (Å²) in [6.45, 7) is 2.04. The van der Waals surface area contributed by atoms with E-state index in [2.05, 4.69) is 5.32 Å². The highest BCUT2D eigenvalue weighted by molar-refractivity contribution is 8.26. The summed E-state index contributed by atoms with van der Waals surface area (Å²) in [5, 5.41) is 24.7. The van der Waals surface area contributed by atoms with Crippen LogP contribution in [0.15, 0.2) is 41.3 Å². The molecule has 30 heavy (non-hydrogen) atoms. The number of thiocarbonyl (C=S) groups is 1. The summed E-state index contributed by atoms with van der Waals surface area (Å²) in [6, 6.07) is 7.86. The molecule has 2 aromatic carbocycles. The third-order valence-electron chi connectivity index (χ3n) is 3.78. The molecule has 0 aromatic heterocycles. The normalized spacial score (nSPS) is 14.5. The van der Waals surface area contributed by atoms with E-state index in [1.54, 1.807) is 25.1 Å². The first kappa shape index (κ1) is 21.2. The first-order chi connectivity index (χ1) is 14.3. The SMILES string of the molecule is CCOc1cc(C=C2SC(=S)NC2=O)ccc1Oc1ccc([N+](=O)[O-])cc1[N+](=O)[O-]. The minimum Gasteiger partial charge on any atom is -0.490 e. The number of ether oxygens (including phenoxy) is 2. The van der Waals surface area contributed by atoms with E-state index < -0.39 is 21.2 Å². The van der Waals surface area contributed by atoms with Gasteiger partial charge in [-0.1, -0.05) is 30.0 Å². The summed E-state index contributed by atoms with van der Waals surface area (Å²) in [5.74, 6) is -0.0148. The van der Waals surface area contributed by atoms with Gasteiger partial charge < -0.3 is 14.8 Å².